The molecule has 0 unspecified atom stereocenters. The molecule has 0 spiro atoms. The molecule has 4 nitrogen and oxygen atoms in total. The first-order valence-corrected chi connectivity index (χ1v) is 6.39. The molecule has 2 aromatic carbocycles. The standard InChI is InChI=1S/C13H8Cl2FNO3/c14-7-9-11(16)2-1-3-13(9)20-8-4-5-12(17(18)19)10(15)6-8/h1-6H,7H2. The van der Waals surface area contributed by atoms with Crippen molar-refractivity contribution in [3.8, 4) is 11.5 Å². The number of ether oxygens (including phenoxy) is 1. The van der Waals surface area contributed by atoms with Gasteiger partial charge in [-0.3, -0.25) is 10.1 Å². The highest BCUT2D eigenvalue weighted by atomic mass is 35.5. The Kier molecular flexibility index (Phi) is 4.42. The molecule has 104 valence electrons. The molecule has 0 amide bonds. The molecule has 0 aromatic heterocycles. The predicted molar refractivity (Wildman–Crippen MR) is 74.1 cm³/mol. The van der Waals surface area contributed by atoms with Gasteiger partial charge in [0, 0.05) is 17.7 Å². The van der Waals surface area contributed by atoms with Gasteiger partial charge in [-0.25, -0.2) is 4.39 Å². The fourth-order valence-electron chi connectivity index (χ4n) is 1.59. The molecule has 0 aliphatic rings. The van der Waals surface area contributed by atoms with E-state index in [2.05, 4.69) is 0 Å². The van der Waals surface area contributed by atoms with E-state index < -0.39 is 10.7 Å². The second-order valence-electron chi connectivity index (χ2n) is 3.82. The summed E-state index contributed by atoms with van der Waals surface area (Å²) in [5.41, 5.74) is -0.0144. The quantitative estimate of drug-likeness (QED) is 0.457. The highest BCUT2D eigenvalue weighted by Crippen LogP contribution is 2.33. The average molecular weight is 316 g/mol. The molecule has 7 heteroatoms. The fraction of sp³-hybridized carbons (Fsp3) is 0.0769. The van der Waals surface area contributed by atoms with Crippen molar-refractivity contribution in [1.82, 2.24) is 0 Å². The number of hydrogen-bond acceptors (Lipinski definition) is 3. The van der Waals surface area contributed by atoms with Crippen molar-refractivity contribution >= 4 is 28.9 Å². The van der Waals surface area contributed by atoms with Crippen molar-refractivity contribution in [2.24, 2.45) is 0 Å². The number of alkyl halides is 1. The van der Waals surface area contributed by atoms with Crippen LogP contribution >= 0.6 is 23.2 Å². The summed E-state index contributed by atoms with van der Waals surface area (Å²) in [5, 5.41) is 10.6. The summed E-state index contributed by atoms with van der Waals surface area (Å²) in [4.78, 5) is 10.1. The topological polar surface area (TPSA) is 52.4 Å². The Hall–Kier alpha value is -1.85. The van der Waals surface area contributed by atoms with E-state index in [1.165, 1.54) is 30.3 Å². The summed E-state index contributed by atoms with van der Waals surface area (Å²) in [6, 6.07) is 8.20. The van der Waals surface area contributed by atoms with E-state index in [1.54, 1.807) is 6.07 Å². The molecular formula is C13H8Cl2FNO3. The van der Waals surface area contributed by atoms with Gasteiger partial charge in [0.05, 0.1) is 10.8 Å². The highest BCUT2D eigenvalue weighted by molar-refractivity contribution is 6.32. The molecule has 0 N–H and O–H groups in total. The summed E-state index contributed by atoms with van der Waals surface area (Å²) in [6.07, 6.45) is 0. The van der Waals surface area contributed by atoms with Crippen molar-refractivity contribution in [3.05, 3.63) is 62.9 Å². The lowest BCUT2D eigenvalue weighted by Gasteiger charge is -2.10. The van der Waals surface area contributed by atoms with Crippen LogP contribution in [-0.4, -0.2) is 4.92 Å². The Morgan fingerprint density at radius 1 is 1.30 bits per heavy atom. The van der Waals surface area contributed by atoms with Crippen LogP contribution in [0, 0.1) is 15.9 Å². The molecule has 2 rings (SSSR count). The molecule has 0 aliphatic heterocycles. The lowest BCUT2D eigenvalue weighted by molar-refractivity contribution is -0.384. The maximum absolute atomic E-state index is 13.5. The van der Waals surface area contributed by atoms with Gasteiger partial charge in [0.25, 0.3) is 5.69 Å². The smallest absolute Gasteiger partial charge is 0.288 e. The van der Waals surface area contributed by atoms with Gasteiger partial charge in [0.15, 0.2) is 0 Å². The molecule has 0 atom stereocenters. The molecule has 0 saturated heterocycles. The molecule has 0 fully saturated rings. The van der Waals surface area contributed by atoms with E-state index in [4.69, 9.17) is 27.9 Å². The predicted octanol–water partition coefficient (Wildman–Crippen LogP) is 4.92. The molecule has 0 heterocycles. The molecule has 0 radical (unpaired) electrons. The number of nitro benzene ring substituents is 1. The van der Waals surface area contributed by atoms with E-state index in [0.717, 1.165) is 0 Å². The largest absolute Gasteiger partial charge is 0.457 e. The van der Waals surface area contributed by atoms with Crippen LogP contribution in [-0.2, 0) is 5.88 Å². The van der Waals surface area contributed by atoms with Crippen LogP contribution in [0.25, 0.3) is 0 Å². The van der Waals surface area contributed by atoms with Crippen LogP contribution in [0.3, 0.4) is 0 Å². The van der Waals surface area contributed by atoms with E-state index in [0.29, 0.717) is 0 Å². The van der Waals surface area contributed by atoms with Gasteiger partial charge in [0.1, 0.15) is 22.3 Å². The molecule has 2 aromatic rings. The third kappa shape index (κ3) is 3.00. The highest BCUT2D eigenvalue weighted by Gasteiger charge is 2.14. The van der Waals surface area contributed by atoms with E-state index >= 15 is 0 Å². The molecule has 0 saturated carbocycles. The van der Waals surface area contributed by atoms with Crippen molar-refractivity contribution in [3.63, 3.8) is 0 Å². The van der Waals surface area contributed by atoms with Gasteiger partial charge < -0.3 is 4.74 Å². The zero-order valence-corrected chi connectivity index (χ0v) is 11.5. The maximum Gasteiger partial charge on any atom is 0.288 e. The van der Waals surface area contributed by atoms with Gasteiger partial charge in [-0.1, -0.05) is 17.7 Å². The summed E-state index contributed by atoms with van der Waals surface area (Å²) in [5.74, 6) is -0.0316. The third-order valence-electron chi connectivity index (χ3n) is 2.55. The lowest BCUT2D eigenvalue weighted by atomic mass is 10.2. The number of nitrogens with zero attached hydrogens (tertiary/aromatic N) is 1. The average Bonchev–Trinajstić information content (AvgIpc) is 2.38. The summed E-state index contributed by atoms with van der Waals surface area (Å²) in [6.45, 7) is 0. The monoisotopic (exact) mass is 315 g/mol. The Morgan fingerprint density at radius 2 is 2.05 bits per heavy atom. The lowest BCUT2D eigenvalue weighted by Crippen LogP contribution is -1.94. The molecule has 0 bridgehead atoms. The fourth-order valence-corrected chi connectivity index (χ4v) is 2.09. The normalized spacial score (nSPS) is 10.3. The maximum atomic E-state index is 13.5. The van der Waals surface area contributed by atoms with Gasteiger partial charge >= 0.3 is 0 Å². The van der Waals surface area contributed by atoms with E-state index in [-0.39, 0.29) is 33.7 Å². The Labute approximate surface area is 123 Å². The minimum atomic E-state index is -0.599. The van der Waals surface area contributed by atoms with Gasteiger partial charge in [0.2, 0.25) is 0 Å². The first-order valence-electron chi connectivity index (χ1n) is 5.48. The van der Waals surface area contributed by atoms with Gasteiger partial charge in [-0.2, -0.15) is 0 Å². The van der Waals surface area contributed by atoms with Crippen LogP contribution in [0.4, 0.5) is 10.1 Å². The third-order valence-corrected chi connectivity index (χ3v) is 3.12. The van der Waals surface area contributed by atoms with Crippen LogP contribution in [0.1, 0.15) is 5.56 Å². The molecule has 0 aliphatic carbocycles. The molecule has 20 heavy (non-hydrogen) atoms. The second-order valence-corrected chi connectivity index (χ2v) is 4.50. The Bertz CT molecular complexity index is 664. The van der Waals surface area contributed by atoms with E-state index in [9.17, 15) is 14.5 Å². The van der Waals surface area contributed by atoms with Gasteiger partial charge in [-0.15, -0.1) is 11.6 Å². The zero-order chi connectivity index (χ0) is 14.7. The number of halogens is 3. The van der Waals surface area contributed by atoms with Crippen LogP contribution in [0.2, 0.25) is 5.02 Å². The first-order chi connectivity index (χ1) is 9.52. The van der Waals surface area contributed by atoms with Crippen molar-refractivity contribution < 1.29 is 14.1 Å². The number of nitro groups is 1. The summed E-state index contributed by atoms with van der Waals surface area (Å²) >= 11 is 11.4. The number of benzene rings is 2. The number of hydrogen-bond donors (Lipinski definition) is 0. The second kappa shape index (κ2) is 6.07. The molecular weight excluding hydrogens is 308 g/mol. The SMILES string of the molecule is O=[N+]([O-])c1ccc(Oc2cccc(F)c2CCl)cc1Cl. The minimum absolute atomic E-state index is 0.0529. The summed E-state index contributed by atoms with van der Waals surface area (Å²) in [7, 11) is 0. The van der Waals surface area contributed by atoms with Gasteiger partial charge in [-0.05, 0) is 18.2 Å². The van der Waals surface area contributed by atoms with Crippen molar-refractivity contribution in [2.45, 2.75) is 5.88 Å². The van der Waals surface area contributed by atoms with Crippen LogP contribution < -0.4 is 4.74 Å². The van der Waals surface area contributed by atoms with Crippen molar-refractivity contribution in [2.75, 3.05) is 0 Å². The van der Waals surface area contributed by atoms with Crippen LogP contribution in [0.15, 0.2) is 36.4 Å². The van der Waals surface area contributed by atoms with Crippen LogP contribution in [0.5, 0.6) is 11.5 Å². The van der Waals surface area contributed by atoms with Crippen molar-refractivity contribution in [1.29, 1.82) is 0 Å². The van der Waals surface area contributed by atoms with E-state index in [1.807, 2.05) is 0 Å². The Morgan fingerprint density at radius 3 is 2.65 bits per heavy atom. The minimum Gasteiger partial charge on any atom is -0.457 e. The summed E-state index contributed by atoms with van der Waals surface area (Å²) < 4.78 is 19.0. The Balaban J connectivity index is 2.34. The zero-order valence-electron chi connectivity index (χ0n) is 9.98. The number of rotatable bonds is 4. The first kappa shape index (κ1) is 14.6.